The Bertz CT molecular complexity index is 885. The summed E-state index contributed by atoms with van der Waals surface area (Å²) >= 11 is 12.2. The number of benzene rings is 1. The fraction of sp³-hybridized carbons (Fsp3) is 0.667. The van der Waals surface area contributed by atoms with Crippen LogP contribution in [0.1, 0.15) is 70.9 Å². The first-order valence-corrected chi connectivity index (χ1v) is 14.0. The van der Waals surface area contributed by atoms with Crippen LogP contribution in [0.3, 0.4) is 0 Å². The van der Waals surface area contributed by atoms with Gasteiger partial charge in [-0.15, -0.1) is 0 Å². The molecule has 196 valence electrons. The normalized spacial score (nSPS) is 20.2. The molecule has 1 saturated carbocycles. The van der Waals surface area contributed by atoms with Crippen molar-refractivity contribution in [1.29, 1.82) is 0 Å². The Hall–Kier alpha value is -1.44. The van der Waals surface area contributed by atoms with Crippen LogP contribution in [-0.2, 0) is 18.8 Å². The number of rotatable bonds is 11. The number of hydrogen-bond acceptors (Lipinski definition) is 6. The van der Waals surface area contributed by atoms with E-state index in [1.54, 1.807) is 39.0 Å². The van der Waals surface area contributed by atoms with Gasteiger partial charge in [0, 0.05) is 5.92 Å². The molecule has 1 aromatic carbocycles. The molecule has 0 spiro atoms. The molecular formula is C24H35Cl2NO7P+. The molecule has 2 N–H and O–H groups in total. The first kappa shape index (κ1) is 29.8. The second kappa shape index (κ2) is 14.3. The lowest BCUT2D eigenvalue weighted by Crippen LogP contribution is -2.43. The van der Waals surface area contributed by atoms with Crippen LogP contribution in [-0.4, -0.2) is 46.1 Å². The van der Waals surface area contributed by atoms with Crippen molar-refractivity contribution >= 4 is 43.3 Å². The highest BCUT2D eigenvalue weighted by Gasteiger charge is 2.32. The van der Waals surface area contributed by atoms with Gasteiger partial charge in [-0.05, 0) is 60.8 Å². The molecule has 0 aromatic heterocycles. The molecule has 1 aliphatic rings. The molecule has 0 radical (unpaired) electrons. The highest BCUT2D eigenvalue weighted by Crippen LogP contribution is 2.37. The Labute approximate surface area is 217 Å². The summed E-state index contributed by atoms with van der Waals surface area (Å²) < 4.78 is 21.3. The molecule has 8 nitrogen and oxygen atoms in total. The molecule has 0 saturated heterocycles. The Kier molecular flexibility index (Phi) is 12.2. The Morgan fingerprint density at radius 2 is 1.83 bits per heavy atom. The van der Waals surface area contributed by atoms with Crippen molar-refractivity contribution in [3.05, 3.63) is 33.8 Å². The third-order valence-corrected chi connectivity index (χ3v) is 7.94. The van der Waals surface area contributed by atoms with Crippen molar-refractivity contribution < 1.29 is 33.6 Å². The van der Waals surface area contributed by atoms with E-state index in [-0.39, 0.29) is 11.8 Å². The molecule has 0 bridgehead atoms. The van der Waals surface area contributed by atoms with Gasteiger partial charge < -0.3 is 14.6 Å². The van der Waals surface area contributed by atoms with Gasteiger partial charge in [0.15, 0.2) is 6.16 Å². The number of ether oxygens (including phenoxy) is 2. The summed E-state index contributed by atoms with van der Waals surface area (Å²) in [5, 5.41) is 11.7. The highest BCUT2D eigenvalue weighted by atomic mass is 35.5. The van der Waals surface area contributed by atoms with Crippen molar-refractivity contribution in [2.24, 2.45) is 17.8 Å². The topological polar surface area (TPSA) is 113 Å². The van der Waals surface area contributed by atoms with Gasteiger partial charge in [-0.1, -0.05) is 56.0 Å². The van der Waals surface area contributed by atoms with Crippen LogP contribution in [0.15, 0.2) is 18.2 Å². The zero-order valence-electron chi connectivity index (χ0n) is 20.4. The second-order valence-corrected chi connectivity index (χ2v) is 11.3. The maximum atomic E-state index is 13.0. The monoisotopic (exact) mass is 550 g/mol. The van der Waals surface area contributed by atoms with Crippen LogP contribution in [0.2, 0.25) is 10.0 Å². The summed E-state index contributed by atoms with van der Waals surface area (Å²) in [6, 6.07) is 4.35. The van der Waals surface area contributed by atoms with Gasteiger partial charge in [-0.3, -0.25) is 9.69 Å². The molecule has 5 atom stereocenters. The summed E-state index contributed by atoms with van der Waals surface area (Å²) in [5.74, 6) is -0.373. The first-order valence-electron chi connectivity index (χ1n) is 11.9. The van der Waals surface area contributed by atoms with Crippen LogP contribution in [0.25, 0.3) is 0 Å². The average molecular weight is 551 g/mol. The van der Waals surface area contributed by atoms with Crippen LogP contribution >= 0.6 is 31.2 Å². The molecule has 2 rings (SSSR count). The van der Waals surface area contributed by atoms with E-state index in [2.05, 4.69) is 0 Å². The van der Waals surface area contributed by atoms with E-state index in [1.165, 1.54) is 4.90 Å². The average Bonchev–Trinajstić information content (AvgIpc) is 2.79. The lowest BCUT2D eigenvalue weighted by molar-refractivity contribution is -0.157. The third kappa shape index (κ3) is 9.51. The summed E-state index contributed by atoms with van der Waals surface area (Å²) in [5.41, 5.74) is 0.652. The lowest BCUT2D eigenvalue weighted by atomic mass is 9.80. The fourth-order valence-corrected chi connectivity index (χ4v) is 5.50. The van der Waals surface area contributed by atoms with Crippen molar-refractivity contribution in [3.8, 4) is 0 Å². The first-order chi connectivity index (χ1) is 16.5. The van der Waals surface area contributed by atoms with Gasteiger partial charge in [0.25, 0.3) is 0 Å². The minimum Gasteiger partial charge on any atom is -0.428 e. The summed E-state index contributed by atoms with van der Waals surface area (Å²) in [7, 11) is -2.16. The molecule has 1 aliphatic carbocycles. The van der Waals surface area contributed by atoms with Gasteiger partial charge in [0.05, 0.1) is 22.0 Å². The second-order valence-electron chi connectivity index (χ2n) is 9.39. The zero-order chi connectivity index (χ0) is 26.1. The Balaban J connectivity index is 2.09. The summed E-state index contributed by atoms with van der Waals surface area (Å²) in [6.07, 6.45) is 2.97. The fourth-order valence-electron chi connectivity index (χ4n) is 4.42. The zero-order valence-corrected chi connectivity index (χ0v) is 22.8. The number of nitrogens with zero attached hydrogens (tertiary/aromatic N) is 1. The quantitative estimate of drug-likeness (QED) is 0.189. The van der Waals surface area contributed by atoms with Crippen molar-refractivity contribution in [2.75, 3.05) is 13.0 Å². The maximum Gasteiger partial charge on any atom is 0.505 e. The van der Waals surface area contributed by atoms with Gasteiger partial charge in [0.2, 0.25) is 6.79 Å². The highest BCUT2D eigenvalue weighted by molar-refractivity contribution is 7.38. The standard InChI is InChI=1S/C24H34Cl2NO7P/c1-15(2)23(29)33-14-34-24(30)27(16(3)19-8-9-20(25)21(26)12-19)22(28)10-7-17-5-4-6-18(11-17)13-35(31)32/h8-9,12,15-18,22,28H,4-7,10-11,13-14H2,1-3H3/p+1/t16-,17?,18?,22?/m0/s1. The summed E-state index contributed by atoms with van der Waals surface area (Å²) in [4.78, 5) is 35.1. The van der Waals surface area contributed by atoms with Gasteiger partial charge >= 0.3 is 20.1 Å². The molecule has 0 heterocycles. The third-order valence-electron chi connectivity index (χ3n) is 6.37. The van der Waals surface area contributed by atoms with E-state index in [9.17, 15) is 24.2 Å². The molecule has 1 fully saturated rings. The van der Waals surface area contributed by atoms with E-state index < -0.39 is 39.2 Å². The predicted octanol–water partition coefficient (Wildman–Crippen LogP) is 6.29. The predicted molar refractivity (Wildman–Crippen MR) is 134 cm³/mol. The van der Waals surface area contributed by atoms with Gasteiger partial charge in [-0.25, -0.2) is 4.79 Å². The van der Waals surface area contributed by atoms with Crippen LogP contribution in [0.5, 0.6) is 0 Å². The molecule has 0 aliphatic heterocycles. The van der Waals surface area contributed by atoms with Crippen LogP contribution < -0.4 is 0 Å². The largest absolute Gasteiger partial charge is 0.505 e. The molecule has 4 unspecified atom stereocenters. The van der Waals surface area contributed by atoms with Crippen molar-refractivity contribution in [2.45, 2.75) is 71.6 Å². The number of carbonyl (C=O) groups is 2. The number of amides is 1. The van der Waals surface area contributed by atoms with Crippen LogP contribution in [0, 0.1) is 17.8 Å². The van der Waals surface area contributed by atoms with Gasteiger partial charge in [0.1, 0.15) is 6.23 Å². The smallest absolute Gasteiger partial charge is 0.428 e. The molecular weight excluding hydrogens is 516 g/mol. The van der Waals surface area contributed by atoms with E-state index in [1.807, 2.05) is 0 Å². The van der Waals surface area contributed by atoms with Crippen molar-refractivity contribution in [1.82, 2.24) is 4.90 Å². The SMILES string of the molecule is CC(C)C(=O)OCOC(=O)N(C(O)CCC1CCCC(C[P+](=O)O)C1)[C@@H](C)c1ccc(Cl)c(Cl)c1. The summed E-state index contributed by atoms with van der Waals surface area (Å²) in [6.45, 7) is 4.51. The molecule has 11 heteroatoms. The number of carbonyl (C=O) groups excluding carboxylic acids is 2. The van der Waals surface area contributed by atoms with Gasteiger partial charge in [-0.2, -0.15) is 4.89 Å². The Morgan fingerprint density at radius 3 is 2.46 bits per heavy atom. The molecule has 1 amide bonds. The lowest BCUT2D eigenvalue weighted by Gasteiger charge is -2.34. The number of hydrogen-bond donors (Lipinski definition) is 2. The molecule has 35 heavy (non-hydrogen) atoms. The van der Waals surface area contributed by atoms with Crippen LogP contribution in [0.4, 0.5) is 4.79 Å². The maximum absolute atomic E-state index is 13.0. The minimum absolute atomic E-state index is 0.200. The van der Waals surface area contributed by atoms with Crippen molar-refractivity contribution in [3.63, 3.8) is 0 Å². The number of halogens is 2. The number of aliphatic hydroxyl groups excluding tert-OH is 1. The van der Waals surface area contributed by atoms with E-state index in [0.29, 0.717) is 40.5 Å². The Morgan fingerprint density at radius 1 is 1.14 bits per heavy atom. The van der Waals surface area contributed by atoms with E-state index in [4.69, 9.17) is 32.7 Å². The number of esters is 1. The van der Waals surface area contributed by atoms with E-state index in [0.717, 1.165) is 25.7 Å². The van der Waals surface area contributed by atoms with E-state index >= 15 is 0 Å². The number of aliphatic hydroxyl groups is 1. The molecule has 1 aromatic rings. The minimum atomic E-state index is -2.16.